The summed E-state index contributed by atoms with van der Waals surface area (Å²) in [4.78, 5) is 0. The molecular formula is C17H24N2O. The standard InChI is InChI=1S/C17H24N2O/c1-12(2)14-6-5-13(3)16(9-14)20-11-17(4,10-18)19-15-7-8-15/h5-6,9,12,15,19H,7-8,11H2,1-4H3. The Morgan fingerprint density at radius 3 is 2.70 bits per heavy atom. The predicted octanol–water partition coefficient (Wildman–Crippen LogP) is 3.53. The SMILES string of the molecule is Cc1ccc(C(C)C)cc1OCC(C)(C#N)NC1CC1. The first-order valence-corrected chi connectivity index (χ1v) is 7.36. The Labute approximate surface area is 121 Å². The highest BCUT2D eigenvalue weighted by molar-refractivity contribution is 5.38. The fourth-order valence-corrected chi connectivity index (χ4v) is 2.14. The van der Waals surface area contributed by atoms with E-state index in [1.807, 2.05) is 13.8 Å². The first-order valence-electron chi connectivity index (χ1n) is 7.36. The maximum atomic E-state index is 9.36. The van der Waals surface area contributed by atoms with Crippen LogP contribution < -0.4 is 10.1 Å². The van der Waals surface area contributed by atoms with Crippen LogP contribution in [0.3, 0.4) is 0 Å². The molecule has 1 aromatic rings. The molecule has 1 saturated carbocycles. The molecule has 108 valence electrons. The zero-order chi connectivity index (χ0) is 14.8. The second-order valence-electron chi connectivity index (χ2n) is 6.33. The fraction of sp³-hybridized carbons (Fsp3) is 0.588. The lowest BCUT2D eigenvalue weighted by Gasteiger charge is -2.24. The van der Waals surface area contributed by atoms with Crippen molar-refractivity contribution in [3.8, 4) is 11.8 Å². The summed E-state index contributed by atoms with van der Waals surface area (Å²) in [5.74, 6) is 1.36. The quantitative estimate of drug-likeness (QED) is 0.861. The van der Waals surface area contributed by atoms with E-state index >= 15 is 0 Å². The number of nitriles is 1. The van der Waals surface area contributed by atoms with Crippen LogP contribution in [-0.4, -0.2) is 18.2 Å². The van der Waals surface area contributed by atoms with E-state index in [9.17, 15) is 5.26 Å². The van der Waals surface area contributed by atoms with Gasteiger partial charge in [0.05, 0.1) is 6.07 Å². The summed E-state index contributed by atoms with van der Waals surface area (Å²) in [5, 5.41) is 12.7. The van der Waals surface area contributed by atoms with Crippen molar-refractivity contribution in [2.45, 2.75) is 58.0 Å². The Hall–Kier alpha value is -1.53. The van der Waals surface area contributed by atoms with E-state index in [1.165, 1.54) is 18.4 Å². The molecule has 1 aliphatic carbocycles. The second kappa shape index (κ2) is 5.85. The van der Waals surface area contributed by atoms with Crippen LogP contribution in [0.25, 0.3) is 0 Å². The fourth-order valence-electron chi connectivity index (χ4n) is 2.14. The molecule has 0 heterocycles. The minimum atomic E-state index is -0.610. The lowest BCUT2D eigenvalue weighted by Crippen LogP contribution is -2.47. The van der Waals surface area contributed by atoms with Crippen molar-refractivity contribution in [1.82, 2.24) is 5.32 Å². The minimum absolute atomic E-state index is 0.377. The zero-order valence-electron chi connectivity index (χ0n) is 12.9. The highest BCUT2D eigenvalue weighted by Crippen LogP contribution is 2.26. The van der Waals surface area contributed by atoms with Gasteiger partial charge in [0, 0.05) is 6.04 Å². The van der Waals surface area contributed by atoms with Gasteiger partial charge in [0.1, 0.15) is 17.9 Å². The summed E-state index contributed by atoms with van der Waals surface area (Å²) in [6.45, 7) is 8.66. The van der Waals surface area contributed by atoms with Gasteiger partial charge in [-0.15, -0.1) is 0 Å². The van der Waals surface area contributed by atoms with E-state index < -0.39 is 5.54 Å². The highest BCUT2D eigenvalue weighted by Gasteiger charge is 2.33. The third-order valence-electron chi connectivity index (χ3n) is 3.74. The number of nitrogens with zero attached hydrogens (tertiary/aromatic N) is 1. The summed E-state index contributed by atoms with van der Waals surface area (Å²) in [6, 6.07) is 9.15. The van der Waals surface area contributed by atoms with Crippen LogP contribution in [0.4, 0.5) is 0 Å². The van der Waals surface area contributed by atoms with Crippen LogP contribution in [-0.2, 0) is 0 Å². The molecule has 1 aromatic carbocycles. The van der Waals surface area contributed by atoms with Gasteiger partial charge in [-0.1, -0.05) is 26.0 Å². The molecule has 0 radical (unpaired) electrons. The molecule has 0 aliphatic heterocycles. The highest BCUT2D eigenvalue weighted by atomic mass is 16.5. The summed E-state index contributed by atoms with van der Waals surface area (Å²) in [5.41, 5.74) is 1.77. The zero-order valence-corrected chi connectivity index (χ0v) is 12.9. The van der Waals surface area contributed by atoms with Gasteiger partial charge in [-0.25, -0.2) is 0 Å². The summed E-state index contributed by atoms with van der Waals surface area (Å²) < 4.78 is 5.93. The topological polar surface area (TPSA) is 45.0 Å². The smallest absolute Gasteiger partial charge is 0.138 e. The summed E-state index contributed by atoms with van der Waals surface area (Å²) in [6.07, 6.45) is 2.33. The average molecular weight is 272 g/mol. The van der Waals surface area contributed by atoms with Crippen molar-refractivity contribution in [2.24, 2.45) is 0 Å². The molecule has 3 heteroatoms. The third kappa shape index (κ3) is 3.74. The molecule has 0 bridgehead atoms. The molecule has 0 spiro atoms. The van der Waals surface area contributed by atoms with Crippen LogP contribution in [0.2, 0.25) is 0 Å². The molecule has 1 atom stereocenters. The molecule has 1 N–H and O–H groups in total. The van der Waals surface area contributed by atoms with Crippen molar-refractivity contribution in [2.75, 3.05) is 6.61 Å². The van der Waals surface area contributed by atoms with Crippen LogP contribution in [0.15, 0.2) is 18.2 Å². The minimum Gasteiger partial charge on any atom is -0.490 e. The second-order valence-corrected chi connectivity index (χ2v) is 6.33. The average Bonchev–Trinajstić information content (AvgIpc) is 3.21. The predicted molar refractivity (Wildman–Crippen MR) is 80.9 cm³/mol. The molecule has 20 heavy (non-hydrogen) atoms. The van der Waals surface area contributed by atoms with E-state index in [0.717, 1.165) is 11.3 Å². The normalized spacial score (nSPS) is 17.6. The molecule has 1 unspecified atom stereocenters. The number of nitrogens with one attached hydrogen (secondary N) is 1. The van der Waals surface area contributed by atoms with E-state index in [1.54, 1.807) is 0 Å². The third-order valence-corrected chi connectivity index (χ3v) is 3.74. The first kappa shape index (κ1) is 14.9. The Morgan fingerprint density at radius 2 is 2.15 bits per heavy atom. The maximum Gasteiger partial charge on any atom is 0.138 e. The van der Waals surface area contributed by atoms with Crippen molar-refractivity contribution >= 4 is 0 Å². The number of aryl methyl sites for hydroxylation is 1. The van der Waals surface area contributed by atoms with Gasteiger partial charge >= 0.3 is 0 Å². The lowest BCUT2D eigenvalue weighted by molar-refractivity contribution is 0.231. The molecule has 0 saturated heterocycles. The molecule has 1 aliphatic rings. The number of benzene rings is 1. The van der Waals surface area contributed by atoms with Gasteiger partial charge in [0.2, 0.25) is 0 Å². The van der Waals surface area contributed by atoms with Crippen LogP contribution in [0.5, 0.6) is 5.75 Å². The largest absolute Gasteiger partial charge is 0.490 e. The van der Waals surface area contributed by atoms with E-state index in [4.69, 9.17) is 4.74 Å². The van der Waals surface area contributed by atoms with Gasteiger partial charge < -0.3 is 4.74 Å². The van der Waals surface area contributed by atoms with E-state index in [-0.39, 0.29) is 0 Å². The van der Waals surface area contributed by atoms with Crippen molar-refractivity contribution in [1.29, 1.82) is 5.26 Å². The molecule has 0 amide bonds. The van der Waals surface area contributed by atoms with Gasteiger partial charge in [0.15, 0.2) is 0 Å². The summed E-state index contributed by atoms with van der Waals surface area (Å²) >= 11 is 0. The maximum absolute atomic E-state index is 9.36. The lowest BCUT2D eigenvalue weighted by atomic mass is 10.0. The molecule has 3 nitrogen and oxygen atoms in total. The Kier molecular flexibility index (Phi) is 4.35. The van der Waals surface area contributed by atoms with E-state index in [2.05, 4.69) is 43.4 Å². The van der Waals surface area contributed by atoms with Gasteiger partial charge in [-0.2, -0.15) is 5.26 Å². The van der Waals surface area contributed by atoms with Crippen LogP contribution >= 0.6 is 0 Å². The Morgan fingerprint density at radius 1 is 1.45 bits per heavy atom. The van der Waals surface area contributed by atoms with Gasteiger partial charge in [-0.3, -0.25) is 5.32 Å². The number of rotatable bonds is 6. The van der Waals surface area contributed by atoms with Crippen molar-refractivity contribution < 1.29 is 4.74 Å². The van der Waals surface area contributed by atoms with Crippen LogP contribution in [0, 0.1) is 18.3 Å². The monoisotopic (exact) mass is 272 g/mol. The van der Waals surface area contributed by atoms with Crippen molar-refractivity contribution in [3.63, 3.8) is 0 Å². The summed E-state index contributed by atoms with van der Waals surface area (Å²) in [7, 11) is 0. The molecular weight excluding hydrogens is 248 g/mol. The number of hydrogen-bond acceptors (Lipinski definition) is 3. The molecule has 2 rings (SSSR count). The Bertz CT molecular complexity index is 514. The van der Waals surface area contributed by atoms with Crippen LogP contribution in [0.1, 0.15) is 50.7 Å². The number of hydrogen-bond donors (Lipinski definition) is 1. The van der Waals surface area contributed by atoms with Gasteiger partial charge in [-0.05, 0) is 49.8 Å². The van der Waals surface area contributed by atoms with Crippen molar-refractivity contribution in [3.05, 3.63) is 29.3 Å². The first-order chi connectivity index (χ1) is 9.43. The van der Waals surface area contributed by atoms with E-state index in [0.29, 0.717) is 18.6 Å². The Balaban J connectivity index is 2.05. The molecule has 1 fully saturated rings. The van der Waals surface area contributed by atoms with Gasteiger partial charge in [0.25, 0.3) is 0 Å². The number of ether oxygens (including phenoxy) is 1. The molecule has 0 aromatic heterocycles.